The smallest absolute Gasteiger partial charge is 0.260 e. The van der Waals surface area contributed by atoms with Crippen LogP contribution in [0.5, 0.6) is 11.5 Å². The van der Waals surface area contributed by atoms with Gasteiger partial charge in [-0.3, -0.25) is 4.79 Å². The third kappa shape index (κ3) is 4.00. The van der Waals surface area contributed by atoms with Crippen molar-refractivity contribution >= 4 is 17.5 Å². The number of carbonyl (C=O) groups excluding carboxylic acids is 1. The van der Waals surface area contributed by atoms with Gasteiger partial charge in [0.15, 0.2) is 18.1 Å². The van der Waals surface area contributed by atoms with Gasteiger partial charge in [0.05, 0.1) is 25.3 Å². The van der Waals surface area contributed by atoms with Crippen LogP contribution >= 0.6 is 11.6 Å². The summed E-state index contributed by atoms with van der Waals surface area (Å²) < 4.78 is 16.0. The van der Waals surface area contributed by atoms with Crippen molar-refractivity contribution in [2.75, 3.05) is 40.0 Å². The summed E-state index contributed by atoms with van der Waals surface area (Å²) >= 11 is 6.16. The first-order valence-corrected chi connectivity index (χ1v) is 7.08. The first-order valence-electron chi connectivity index (χ1n) is 6.70. The molecule has 6 nitrogen and oxygen atoms in total. The average molecular weight is 315 g/mol. The summed E-state index contributed by atoms with van der Waals surface area (Å²) in [6.45, 7) is 2.54. The number of nitrogens with zero attached hydrogens (tertiary/aromatic N) is 1. The number of methoxy groups -OCH3 is 1. The summed E-state index contributed by atoms with van der Waals surface area (Å²) in [4.78, 5) is 13.8. The van der Waals surface area contributed by atoms with Crippen molar-refractivity contribution in [1.29, 1.82) is 0 Å². The predicted molar refractivity (Wildman–Crippen MR) is 78.8 cm³/mol. The molecule has 21 heavy (non-hydrogen) atoms. The summed E-state index contributed by atoms with van der Waals surface area (Å²) in [5, 5.41) is 0.379. The van der Waals surface area contributed by atoms with Crippen molar-refractivity contribution in [3.05, 3.63) is 22.7 Å². The first-order chi connectivity index (χ1) is 10.2. The lowest BCUT2D eigenvalue weighted by Gasteiger charge is -2.26. The molecule has 1 aliphatic rings. The minimum absolute atomic E-state index is 0.0853. The van der Waals surface area contributed by atoms with Crippen molar-refractivity contribution in [2.45, 2.75) is 6.54 Å². The molecule has 0 atom stereocenters. The Bertz CT molecular complexity index is 504. The van der Waals surface area contributed by atoms with E-state index < -0.39 is 0 Å². The van der Waals surface area contributed by atoms with Gasteiger partial charge in [-0.15, -0.1) is 0 Å². The molecule has 1 aromatic rings. The molecular weight excluding hydrogens is 296 g/mol. The lowest BCUT2D eigenvalue weighted by molar-refractivity contribution is -0.137. The fraction of sp³-hybridized carbons (Fsp3) is 0.500. The second-order valence-corrected chi connectivity index (χ2v) is 5.00. The number of carbonyl (C=O) groups is 1. The molecule has 1 heterocycles. The van der Waals surface area contributed by atoms with Gasteiger partial charge in [-0.05, 0) is 17.7 Å². The Morgan fingerprint density at radius 1 is 1.43 bits per heavy atom. The Hall–Kier alpha value is -1.50. The van der Waals surface area contributed by atoms with Crippen LogP contribution in [0, 0.1) is 0 Å². The highest BCUT2D eigenvalue weighted by molar-refractivity contribution is 6.32. The van der Waals surface area contributed by atoms with Crippen molar-refractivity contribution < 1.29 is 19.0 Å². The van der Waals surface area contributed by atoms with Gasteiger partial charge in [0.1, 0.15) is 0 Å². The van der Waals surface area contributed by atoms with E-state index in [0.717, 1.165) is 5.56 Å². The molecule has 1 aliphatic heterocycles. The third-order valence-electron chi connectivity index (χ3n) is 3.23. The lowest BCUT2D eigenvalue weighted by Crippen LogP contribution is -2.43. The van der Waals surface area contributed by atoms with E-state index in [0.29, 0.717) is 49.4 Å². The number of morpholine rings is 1. The SMILES string of the molecule is COc1cc(CN)cc(Cl)c1OCC(=O)N1CCOCC1. The quantitative estimate of drug-likeness (QED) is 0.879. The number of hydrogen-bond donors (Lipinski definition) is 1. The van der Waals surface area contributed by atoms with Crippen molar-refractivity contribution in [3.63, 3.8) is 0 Å². The molecule has 1 fully saturated rings. The predicted octanol–water partition coefficient (Wildman–Crippen LogP) is 1.04. The normalized spacial score (nSPS) is 14.9. The Balaban J connectivity index is 2.03. The summed E-state index contributed by atoms with van der Waals surface area (Å²) in [6.07, 6.45) is 0. The second kappa shape index (κ2) is 7.49. The molecule has 0 unspecified atom stereocenters. The van der Waals surface area contributed by atoms with Gasteiger partial charge < -0.3 is 24.8 Å². The summed E-state index contributed by atoms with van der Waals surface area (Å²) in [6, 6.07) is 3.46. The number of nitrogens with two attached hydrogens (primary N) is 1. The highest BCUT2D eigenvalue weighted by atomic mass is 35.5. The average Bonchev–Trinajstić information content (AvgIpc) is 2.53. The number of ether oxygens (including phenoxy) is 3. The molecule has 116 valence electrons. The maximum atomic E-state index is 12.0. The molecule has 0 radical (unpaired) electrons. The zero-order valence-electron chi connectivity index (χ0n) is 11.9. The molecule has 0 bridgehead atoms. The van der Waals surface area contributed by atoms with Crippen LogP contribution in [0.3, 0.4) is 0 Å². The zero-order chi connectivity index (χ0) is 15.2. The summed E-state index contributed by atoms with van der Waals surface area (Å²) in [5.74, 6) is 0.732. The number of benzene rings is 1. The van der Waals surface area contributed by atoms with Crippen LogP contribution in [-0.4, -0.2) is 50.8 Å². The van der Waals surface area contributed by atoms with E-state index in [2.05, 4.69) is 0 Å². The van der Waals surface area contributed by atoms with Crippen molar-refractivity contribution in [3.8, 4) is 11.5 Å². The Kier molecular flexibility index (Phi) is 5.67. The van der Waals surface area contributed by atoms with Crippen LogP contribution in [-0.2, 0) is 16.1 Å². The zero-order valence-corrected chi connectivity index (χ0v) is 12.7. The molecule has 2 N–H and O–H groups in total. The highest BCUT2D eigenvalue weighted by Crippen LogP contribution is 2.36. The molecule has 0 aromatic heterocycles. The maximum Gasteiger partial charge on any atom is 0.260 e. The third-order valence-corrected chi connectivity index (χ3v) is 3.51. The molecule has 0 saturated carbocycles. The fourth-order valence-electron chi connectivity index (χ4n) is 2.07. The van der Waals surface area contributed by atoms with Gasteiger partial charge in [0, 0.05) is 19.6 Å². The highest BCUT2D eigenvalue weighted by Gasteiger charge is 2.19. The van der Waals surface area contributed by atoms with E-state index in [-0.39, 0.29) is 12.5 Å². The Labute approximate surface area is 128 Å². The van der Waals surface area contributed by atoms with Crippen LogP contribution in [0.2, 0.25) is 5.02 Å². The molecule has 2 rings (SSSR count). The Morgan fingerprint density at radius 2 is 2.14 bits per heavy atom. The molecule has 1 amide bonds. The monoisotopic (exact) mass is 314 g/mol. The standard InChI is InChI=1S/C14H19ClN2O4/c1-19-12-7-10(8-16)6-11(15)14(12)21-9-13(18)17-2-4-20-5-3-17/h6-7H,2-5,8-9,16H2,1H3. The van der Waals surface area contributed by atoms with Crippen LogP contribution < -0.4 is 15.2 Å². The minimum atomic E-state index is -0.0979. The fourth-order valence-corrected chi connectivity index (χ4v) is 2.36. The topological polar surface area (TPSA) is 74.0 Å². The number of halogens is 1. The lowest BCUT2D eigenvalue weighted by atomic mass is 10.2. The van der Waals surface area contributed by atoms with E-state index in [1.54, 1.807) is 17.0 Å². The number of rotatable bonds is 5. The largest absolute Gasteiger partial charge is 0.493 e. The van der Waals surface area contributed by atoms with E-state index in [4.69, 9.17) is 31.5 Å². The van der Waals surface area contributed by atoms with Gasteiger partial charge in [-0.2, -0.15) is 0 Å². The second-order valence-electron chi connectivity index (χ2n) is 4.59. The maximum absolute atomic E-state index is 12.0. The van der Waals surface area contributed by atoms with Gasteiger partial charge in [0.25, 0.3) is 5.91 Å². The molecule has 0 aliphatic carbocycles. The Morgan fingerprint density at radius 3 is 2.76 bits per heavy atom. The van der Waals surface area contributed by atoms with Crippen LogP contribution in [0.25, 0.3) is 0 Å². The van der Waals surface area contributed by atoms with E-state index in [1.807, 2.05) is 0 Å². The molecule has 7 heteroatoms. The van der Waals surface area contributed by atoms with Gasteiger partial charge >= 0.3 is 0 Å². The molecule has 1 aromatic carbocycles. The van der Waals surface area contributed by atoms with Crippen LogP contribution in [0.1, 0.15) is 5.56 Å². The van der Waals surface area contributed by atoms with Gasteiger partial charge in [-0.1, -0.05) is 11.6 Å². The van der Waals surface area contributed by atoms with E-state index in [9.17, 15) is 4.79 Å². The molecule has 0 spiro atoms. The minimum Gasteiger partial charge on any atom is -0.493 e. The van der Waals surface area contributed by atoms with Gasteiger partial charge in [-0.25, -0.2) is 0 Å². The number of amides is 1. The van der Waals surface area contributed by atoms with Gasteiger partial charge in [0.2, 0.25) is 0 Å². The van der Waals surface area contributed by atoms with E-state index >= 15 is 0 Å². The van der Waals surface area contributed by atoms with Crippen LogP contribution in [0.4, 0.5) is 0 Å². The summed E-state index contributed by atoms with van der Waals surface area (Å²) in [7, 11) is 1.52. The van der Waals surface area contributed by atoms with E-state index in [1.165, 1.54) is 7.11 Å². The summed E-state index contributed by atoms with van der Waals surface area (Å²) in [5.41, 5.74) is 6.42. The van der Waals surface area contributed by atoms with Crippen molar-refractivity contribution in [2.24, 2.45) is 5.73 Å². The molecular formula is C14H19ClN2O4. The number of hydrogen-bond acceptors (Lipinski definition) is 5. The van der Waals surface area contributed by atoms with Crippen molar-refractivity contribution in [1.82, 2.24) is 4.90 Å². The molecule has 1 saturated heterocycles. The van der Waals surface area contributed by atoms with Crippen LogP contribution in [0.15, 0.2) is 12.1 Å². The first kappa shape index (κ1) is 15.9.